The van der Waals surface area contributed by atoms with Crippen LogP contribution >= 0.6 is 0 Å². The normalized spacial score (nSPS) is 34.9. The van der Waals surface area contributed by atoms with Crippen molar-refractivity contribution in [1.29, 1.82) is 0 Å². The SMILES string of the molecule is O=S(=O)(CC1CCC1)N1CCCC1C1CCCO1. The van der Waals surface area contributed by atoms with Gasteiger partial charge in [-0.1, -0.05) is 6.42 Å². The quantitative estimate of drug-likeness (QED) is 0.784. The van der Waals surface area contributed by atoms with Crippen LogP contribution in [0.2, 0.25) is 0 Å². The second-order valence-electron chi connectivity index (χ2n) is 5.95. The third kappa shape index (κ3) is 2.45. The average molecular weight is 273 g/mol. The largest absolute Gasteiger partial charge is 0.377 e. The van der Waals surface area contributed by atoms with Gasteiger partial charge in [-0.25, -0.2) is 8.42 Å². The first kappa shape index (κ1) is 12.9. The Morgan fingerprint density at radius 2 is 1.89 bits per heavy atom. The first-order chi connectivity index (χ1) is 8.67. The molecule has 4 nitrogen and oxygen atoms in total. The van der Waals surface area contributed by atoms with Gasteiger partial charge in [0.25, 0.3) is 0 Å². The first-order valence-corrected chi connectivity index (χ1v) is 8.89. The van der Waals surface area contributed by atoms with Crippen molar-refractivity contribution in [2.75, 3.05) is 18.9 Å². The van der Waals surface area contributed by atoms with Crippen LogP contribution < -0.4 is 0 Å². The molecule has 1 saturated carbocycles. The summed E-state index contributed by atoms with van der Waals surface area (Å²) in [6, 6.07) is 0.123. The van der Waals surface area contributed by atoms with Gasteiger partial charge in [0.1, 0.15) is 0 Å². The van der Waals surface area contributed by atoms with Gasteiger partial charge in [0.15, 0.2) is 0 Å². The lowest BCUT2D eigenvalue weighted by Gasteiger charge is -2.32. The molecule has 18 heavy (non-hydrogen) atoms. The minimum Gasteiger partial charge on any atom is -0.377 e. The third-order valence-electron chi connectivity index (χ3n) is 4.67. The van der Waals surface area contributed by atoms with E-state index in [2.05, 4.69) is 0 Å². The van der Waals surface area contributed by atoms with Crippen LogP contribution in [-0.4, -0.2) is 43.8 Å². The Labute approximate surface area is 110 Å². The van der Waals surface area contributed by atoms with Gasteiger partial charge in [-0.05, 0) is 44.4 Å². The fourth-order valence-electron chi connectivity index (χ4n) is 3.44. The van der Waals surface area contributed by atoms with Gasteiger partial charge in [0, 0.05) is 13.2 Å². The Bertz CT molecular complexity index is 385. The smallest absolute Gasteiger partial charge is 0.214 e. The van der Waals surface area contributed by atoms with Gasteiger partial charge < -0.3 is 4.74 Å². The molecule has 1 aliphatic carbocycles. The first-order valence-electron chi connectivity index (χ1n) is 7.28. The lowest BCUT2D eigenvalue weighted by atomic mass is 9.87. The van der Waals surface area contributed by atoms with Crippen molar-refractivity contribution in [2.45, 2.75) is 57.1 Å². The van der Waals surface area contributed by atoms with Crippen LogP contribution in [0.5, 0.6) is 0 Å². The van der Waals surface area contributed by atoms with E-state index in [0.29, 0.717) is 18.2 Å². The monoisotopic (exact) mass is 273 g/mol. The summed E-state index contributed by atoms with van der Waals surface area (Å²) in [4.78, 5) is 0. The highest BCUT2D eigenvalue weighted by Gasteiger charge is 2.41. The van der Waals surface area contributed by atoms with E-state index >= 15 is 0 Å². The number of nitrogens with zero attached hydrogens (tertiary/aromatic N) is 1. The van der Waals surface area contributed by atoms with Crippen LogP contribution in [0.15, 0.2) is 0 Å². The summed E-state index contributed by atoms with van der Waals surface area (Å²) in [6.45, 7) is 1.51. The summed E-state index contributed by atoms with van der Waals surface area (Å²) in [5.41, 5.74) is 0. The Hall–Kier alpha value is -0.130. The molecule has 5 heteroatoms. The topological polar surface area (TPSA) is 46.6 Å². The molecule has 0 radical (unpaired) electrons. The lowest BCUT2D eigenvalue weighted by molar-refractivity contribution is 0.0643. The molecule has 0 spiro atoms. The molecule has 0 aromatic heterocycles. The predicted octanol–water partition coefficient (Wildman–Crippen LogP) is 1.76. The number of rotatable bonds is 4. The van der Waals surface area contributed by atoms with Gasteiger partial charge in [-0.2, -0.15) is 4.31 Å². The van der Waals surface area contributed by atoms with Crippen molar-refractivity contribution in [2.24, 2.45) is 5.92 Å². The minimum atomic E-state index is -3.05. The van der Waals surface area contributed by atoms with Crippen molar-refractivity contribution < 1.29 is 13.2 Å². The van der Waals surface area contributed by atoms with E-state index < -0.39 is 10.0 Å². The summed E-state index contributed by atoms with van der Waals surface area (Å²) in [5, 5.41) is 0. The highest BCUT2D eigenvalue weighted by atomic mass is 32.2. The summed E-state index contributed by atoms with van der Waals surface area (Å²) < 4.78 is 32.4. The predicted molar refractivity (Wildman–Crippen MR) is 69.8 cm³/mol. The number of ether oxygens (including phenoxy) is 1. The van der Waals surface area contributed by atoms with E-state index in [0.717, 1.165) is 45.1 Å². The molecule has 2 saturated heterocycles. The molecule has 3 aliphatic rings. The highest BCUT2D eigenvalue weighted by molar-refractivity contribution is 7.89. The molecule has 2 aliphatic heterocycles. The Morgan fingerprint density at radius 3 is 2.50 bits per heavy atom. The third-order valence-corrected chi connectivity index (χ3v) is 6.73. The van der Waals surface area contributed by atoms with Crippen molar-refractivity contribution in [3.63, 3.8) is 0 Å². The van der Waals surface area contributed by atoms with Gasteiger partial charge >= 0.3 is 0 Å². The van der Waals surface area contributed by atoms with E-state index in [1.807, 2.05) is 0 Å². The standard InChI is InChI=1S/C13H23NO3S/c15-18(16,10-11-4-1-5-11)14-8-2-6-12(14)13-7-3-9-17-13/h11-13H,1-10H2. The van der Waals surface area contributed by atoms with Crippen molar-refractivity contribution >= 4 is 10.0 Å². The molecular formula is C13H23NO3S. The molecule has 2 unspecified atom stereocenters. The zero-order valence-electron chi connectivity index (χ0n) is 10.9. The maximum atomic E-state index is 12.5. The van der Waals surface area contributed by atoms with Gasteiger partial charge in [-0.15, -0.1) is 0 Å². The fourth-order valence-corrected chi connectivity index (χ4v) is 5.62. The molecular weight excluding hydrogens is 250 g/mol. The molecule has 0 amide bonds. The summed E-state index contributed by atoms with van der Waals surface area (Å²) in [7, 11) is -3.05. The van der Waals surface area contributed by atoms with Crippen LogP contribution in [0.3, 0.4) is 0 Å². The zero-order valence-corrected chi connectivity index (χ0v) is 11.7. The van der Waals surface area contributed by atoms with Crippen LogP contribution in [0.25, 0.3) is 0 Å². The van der Waals surface area contributed by atoms with Crippen LogP contribution in [-0.2, 0) is 14.8 Å². The molecule has 2 heterocycles. The summed E-state index contributed by atoms with van der Waals surface area (Å²) in [5.74, 6) is 0.789. The van der Waals surface area contributed by atoms with Crippen LogP contribution in [0.1, 0.15) is 44.9 Å². The molecule has 0 aromatic carbocycles. The van der Waals surface area contributed by atoms with Crippen molar-refractivity contribution in [3.05, 3.63) is 0 Å². The molecule has 0 bridgehead atoms. The highest BCUT2D eigenvalue weighted by Crippen LogP contribution is 2.33. The van der Waals surface area contributed by atoms with Crippen LogP contribution in [0, 0.1) is 5.92 Å². The molecule has 0 aromatic rings. The number of hydrogen-bond donors (Lipinski definition) is 0. The van der Waals surface area contributed by atoms with Gasteiger partial charge in [-0.3, -0.25) is 0 Å². The van der Waals surface area contributed by atoms with Crippen molar-refractivity contribution in [3.8, 4) is 0 Å². The maximum absolute atomic E-state index is 12.5. The lowest BCUT2D eigenvalue weighted by Crippen LogP contribution is -2.45. The van der Waals surface area contributed by atoms with E-state index in [1.165, 1.54) is 6.42 Å². The van der Waals surface area contributed by atoms with E-state index in [4.69, 9.17) is 4.74 Å². The molecule has 3 fully saturated rings. The molecule has 0 N–H and O–H groups in total. The van der Waals surface area contributed by atoms with Crippen LogP contribution in [0.4, 0.5) is 0 Å². The Kier molecular flexibility index (Phi) is 3.65. The van der Waals surface area contributed by atoms with E-state index in [-0.39, 0.29) is 12.1 Å². The summed E-state index contributed by atoms with van der Waals surface area (Å²) >= 11 is 0. The number of sulfonamides is 1. The number of hydrogen-bond acceptors (Lipinski definition) is 3. The second kappa shape index (κ2) is 5.10. The summed E-state index contributed by atoms with van der Waals surface area (Å²) in [6.07, 6.45) is 7.63. The van der Waals surface area contributed by atoms with Gasteiger partial charge in [0.05, 0.1) is 17.9 Å². The average Bonchev–Trinajstić information content (AvgIpc) is 2.92. The molecule has 104 valence electrons. The maximum Gasteiger partial charge on any atom is 0.214 e. The van der Waals surface area contributed by atoms with Gasteiger partial charge in [0.2, 0.25) is 10.0 Å². The molecule has 3 rings (SSSR count). The molecule has 2 atom stereocenters. The Balaban J connectivity index is 1.68. The van der Waals surface area contributed by atoms with E-state index in [9.17, 15) is 8.42 Å². The minimum absolute atomic E-state index is 0.123. The Morgan fingerprint density at radius 1 is 1.06 bits per heavy atom. The van der Waals surface area contributed by atoms with E-state index in [1.54, 1.807) is 4.31 Å². The fraction of sp³-hybridized carbons (Fsp3) is 1.00. The van der Waals surface area contributed by atoms with Crippen molar-refractivity contribution in [1.82, 2.24) is 4.31 Å². The zero-order chi connectivity index (χ0) is 12.6. The second-order valence-corrected chi connectivity index (χ2v) is 7.91.